The second kappa shape index (κ2) is 7.60. The summed E-state index contributed by atoms with van der Waals surface area (Å²) in [5.41, 5.74) is 1.89. The van der Waals surface area contributed by atoms with Crippen molar-refractivity contribution in [3.63, 3.8) is 0 Å². The molecule has 0 atom stereocenters. The highest BCUT2D eigenvalue weighted by atomic mass is 32.2. The fourth-order valence-corrected chi connectivity index (χ4v) is 4.44. The molecule has 1 aliphatic rings. The van der Waals surface area contributed by atoms with Crippen LogP contribution in [0.2, 0.25) is 0 Å². The predicted octanol–water partition coefficient (Wildman–Crippen LogP) is 3.17. The molecule has 0 radical (unpaired) electrons. The number of thioether (sulfide) groups is 1. The van der Waals surface area contributed by atoms with Crippen LogP contribution >= 0.6 is 11.8 Å². The van der Waals surface area contributed by atoms with Crippen molar-refractivity contribution in [3.8, 4) is 0 Å². The zero-order valence-electron chi connectivity index (χ0n) is 15.1. The number of H-pyrrole nitrogens is 1. The summed E-state index contributed by atoms with van der Waals surface area (Å²) in [4.78, 5) is 35.3. The van der Waals surface area contributed by atoms with E-state index in [4.69, 9.17) is 4.98 Å². The molecule has 1 fully saturated rings. The highest BCUT2D eigenvalue weighted by Gasteiger charge is 2.19. The molecule has 1 saturated heterocycles. The number of hydrogen-bond donors (Lipinski definition) is 1. The lowest BCUT2D eigenvalue weighted by Crippen LogP contribution is -2.37. The molecule has 1 aliphatic heterocycles. The van der Waals surface area contributed by atoms with E-state index >= 15 is 0 Å². The summed E-state index contributed by atoms with van der Waals surface area (Å²) in [5.74, 6) is 0.399. The first-order valence-corrected chi connectivity index (χ1v) is 10.2. The minimum Gasteiger partial charge on any atom is -0.349 e. The Hall–Kier alpha value is -2.54. The number of carbonyl (C=O) groups excluding carboxylic acids is 1. The zero-order valence-corrected chi connectivity index (χ0v) is 15.9. The fraction of sp³-hybridized carbons (Fsp3) is 0.350. The van der Waals surface area contributed by atoms with Crippen molar-refractivity contribution in [3.05, 3.63) is 47.3 Å². The van der Waals surface area contributed by atoms with Gasteiger partial charge in [-0.1, -0.05) is 36.0 Å². The molecule has 7 heteroatoms. The first-order chi connectivity index (χ1) is 13.2. The number of amides is 1. The van der Waals surface area contributed by atoms with Crippen LogP contribution in [-0.2, 0) is 11.3 Å². The molecule has 3 heterocycles. The zero-order chi connectivity index (χ0) is 18.8. The molecule has 0 saturated carbocycles. The Balaban J connectivity index is 1.70. The summed E-state index contributed by atoms with van der Waals surface area (Å²) in [6.45, 7) is 5.76. The van der Waals surface area contributed by atoms with Crippen LogP contribution in [0.4, 0.5) is 0 Å². The van der Waals surface area contributed by atoms with Crippen LogP contribution < -0.4 is 5.56 Å². The number of benzene rings is 1. The number of likely N-dealkylation sites (tertiary alicyclic amines) is 1. The van der Waals surface area contributed by atoms with Crippen LogP contribution in [-0.4, -0.2) is 44.2 Å². The molecular weight excluding hydrogens is 360 g/mol. The monoisotopic (exact) mass is 382 g/mol. The minimum absolute atomic E-state index is 0.109. The van der Waals surface area contributed by atoms with Gasteiger partial charge in [-0.2, -0.15) is 0 Å². The van der Waals surface area contributed by atoms with Gasteiger partial charge in [0.2, 0.25) is 5.91 Å². The summed E-state index contributed by atoms with van der Waals surface area (Å²) in [6, 6.07) is 7.74. The lowest BCUT2D eigenvalue weighted by Gasteiger charge is -2.26. The molecule has 1 N–H and O–H groups in total. The summed E-state index contributed by atoms with van der Waals surface area (Å²) in [6.07, 6.45) is 5.00. The van der Waals surface area contributed by atoms with Gasteiger partial charge >= 0.3 is 0 Å². The number of piperidine rings is 1. The van der Waals surface area contributed by atoms with Gasteiger partial charge < -0.3 is 9.88 Å². The number of hydrogen-bond acceptors (Lipinski definition) is 4. The molecule has 6 nitrogen and oxygen atoms in total. The number of nitrogens with zero attached hydrogens (tertiary/aromatic N) is 3. The van der Waals surface area contributed by atoms with Crippen LogP contribution in [0.15, 0.2) is 46.9 Å². The SMILES string of the molecule is C=CCn1c(SCC(=O)N2CCCCC2)nc2c([nH]c3ccccc32)c1=O. The van der Waals surface area contributed by atoms with Gasteiger partial charge in [-0.05, 0) is 25.3 Å². The van der Waals surface area contributed by atoms with E-state index in [1.54, 1.807) is 10.6 Å². The fourth-order valence-electron chi connectivity index (χ4n) is 3.54. The molecule has 0 spiro atoms. The van der Waals surface area contributed by atoms with Gasteiger partial charge in [0.05, 0.1) is 5.75 Å². The van der Waals surface area contributed by atoms with E-state index < -0.39 is 0 Å². The van der Waals surface area contributed by atoms with E-state index in [1.165, 1.54) is 18.2 Å². The molecule has 0 aliphatic carbocycles. The number of allylic oxidation sites excluding steroid dienone is 1. The molecule has 27 heavy (non-hydrogen) atoms. The van der Waals surface area contributed by atoms with Gasteiger partial charge in [-0.25, -0.2) is 4.98 Å². The second-order valence-electron chi connectivity index (χ2n) is 6.72. The molecule has 140 valence electrons. The molecule has 3 aromatic rings. The summed E-state index contributed by atoms with van der Waals surface area (Å²) in [7, 11) is 0. The maximum atomic E-state index is 13.0. The van der Waals surface area contributed by atoms with E-state index in [-0.39, 0.29) is 17.2 Å². The van der Waals surface area contributed by atoms with Crippen molar-refractivity contribution in [2.75, 3.05) is 18.8 Å². The third kappa shape index (κ3) is 3.39. The topological polar surface area (TPSA) is 71.0 Å². The van der Waals surface area contributed by atoms with Crippen LogP contribution in [0.1, 0.15) is 19.3 Å². The normalized spacial score (nSPS) is 14.7. The quantitative estimate of drug-likeness (QED) is 0.418. The Labute approximate surface area is 161 Å². The number of fused-ring (bicyclic) bond motifs is 3. The average molecular weight is 382 g/mol. The molecule has 0 unspecified atom stereocenters. The average Bonchev–Trinajstić information content (AvgIpc) is 3.08. The number of aromatic nitrogens is 3. The maximum absolute atomic E-state index is 13.0. The Morgan fingerprint density at radius 1 is 1.26 bits per heavy atom. The largest absolute Gasteiger partial charge is 0.349 e. The number of para-hydroxylation sites is 1. The number of nitrogens with one attached hydrogen (secondary N) is 1. The smallest absolute Gasteiger partial charge is 0.278 e. The first kappa shape index (κ1) is 17.9. The van der Waals surface area contributed by atoms with Crippen LogP contribution in [0.3, 0.4) is 0 Å². The van der Waals surface area contributed by atoms with E-state index in [1.807, 2.05) is 29.2 Å². The number of carbonyl (C=O) groups is 1. The predicted molar refractivity (Wildman–Crippen MR) is 109 cm³/mol. The van der Waals surface area contributed by atoms with Crippen molar-refractivity contribution in [2.45, 2.75) is 31.0 Å². The molecule has 2 aromatic heterocycles. The van der Waals surface area contributed by atoms with Gasteiger partial charge in [0.25, 0.3) is 5.56 Å². The summed E-state index contributed by atoms with van der Waals surface area (Å²) >= 11 is 1.33. The van der Waals surface area contributed by atoms with Crippen molar-refractivity contribution in [1.29, 1.82) is 0 Å². The van der Waals surface area contributed by atoms with E-state index in [0.717, 1.165) is 36.8 Å². The Bertz CT molecular complexity index is 1060. The highest BCUT2D eigenvalue weighted by Crippen LogP contribution is 2.25. The minimum atomic E-state index is -0.135. The van der Waals surface area contributed by atoms with Gasteiger partial charge in [0.15, 0.2) is 5.16 Å². The lowest BCUT2D eigenvalue weighted by molar-refractivity contribution is -0.129. The van der Waals surface area contributed by atoms with Gasteiger partial charge in [-0.3, -0.25) is 14.2 Å². The van der Waals surface area contributed by atoms with E-state index in [9.17, 15) is 9.59 Å². The number of aromatic amines is 1. The Kier molecular flexibility index (Phi) is 5.03. The van der Waals surface area contributed by atoms with Gasteiger partial charge in [-0.15, -0.1) is 6.58 Å². The summed E-state index contributed by atoms with van der Waals surface area (Å²) < 4.78 is 1.58. The molecule has 4 rings (SSSR count). The van der Waals surface area contributed by atoms with Crippen molar-refractivity contribution in [1.82, 2.24) is 19.4 Å². The second-order valence-corrected chi connectivity index (χ2v) is 7.67. The molecule has 0 bridgehead atoms. The third-order valence-electron chi connectivity index (χ3n) is 4.92. The van der Waals surface area contributed by atoms with E-state index in [2.05, 4.69) is 11.6 Å². The standard InChI is InChI=1S/C20H22N4O2S/c1-2-10-24-19(26)18-17(14-8-4-5-9-15(14)21-18)22-20(24)27-13-16(25)23-11-6-3-7-12-23/h2,4-5,8-9,21H,1,3,6-7,10-13H2. The van der Waals surface area contributed by atoms with Gasteiger partial charge in [0, 0.05) is 30.5 Å². The Morgan fingerprint density at radius 3 is 2.81 bits per heavy atom. The van der Waals surface area contributed by atoms with E-state index in [0.29, 0.717) is 22.7 Å². The van der Waals surface area contributed by atoms with Crippen LogP contribution in [0.25, 0.3) is 21.9 Å². The first-order valence-electron chi connectivity index (χ1n) is 9.22. The van der Waals surface area contributed by atoms with Crippen LogP contribution in [0.5, 0.6) is 0 Å². The maximum Gasteiger partial charge on any atom is 0.278 e. The van der Waals surface area contributed by atoms with Gasteiger partial charge in [0.1, 0.15) is 11.0 Å². The lowest BCUT2D eigenvalue weighted by atomic mass is 10.1. The summed E-state index contributed by atoms with van der Waals surface area (Å²) in [5, 5.41) is 1.47. The molecule has 1 amide bonds. The molecular formula is C20H22N4O2S. The van der Waals surface area contributed by atoms with Crippen molar-refractivity contribution >= 4 is 39.6 Å². The van der Waals surface area contributed by atoms with Crippen molar-refractivity contribution < 1.29 is 4.79 Å². The molecule has 1 aromatic carbocycles. The Morgan fingerprint density at radius 2 is 2.04 bits per heavy atom. The third-order valence-corrected chi connectivity index (χ3v) is 5.88. The van der Waals surface area contributed by atoms with Crippen molar-refractivity contribution in [2.24, 2.45) is 0 Å². The van der Waals surface area contributed by atoms with Crippen LogP contribution in [0, 0.1) is 0 Å². The highest BCUT2D eigenvalue weighted by molar-refractivity contribution is 7.99. The number of rotatable bonds is 5.